The Kier molecular flexibility index (Phi) is 2.33. The molecule has 1 heterocycles. The van der Waals surface area contributed by atoms with Crippen LogP contribution in [0.4, 0.5) is 0 Å². The molecule has 0 atom stereocenters. The van der Waals surface area contributed by atoms with E-state index in [1.165, 1.54) is 5.56 Å². The van der Waals surface area contributed by atoms with E-state index < -0.39 is 18.4 Å². The van der Waals surface area contributed by atoms with E-state index in [9.17, 15) is 0 Å². The van der Waals surface area contributed by atoms with Crippen molar-refractivity contribution in [3.05, 3.63) is 46.1 Å². The Morgan fingerprint density at radius 1 is 1.00 bits per heavy atom. The number of hydrogen-bond acceptors (Lipinski definition) is 0. The Morgan fingerprint density at radius 3 is 2.62 bits per heavy atom. The molecule has 1 heteroatoms. The van der Waals surface area contributed by atoms with E-state index in [2.05, 4.69) is 56.5 Å². The average Bonchev–Trinajstić information content (AvgIpc) is 2.26. The second-order valence-corrected chi connectivity index (χ2v) is 16.3. The van der Waals surface area contributed by atoms with Crippen molar-refractivity contribution in [3.8, 4) is 0 Å². The van der Waals surface area contributed by atoms with Crippen LogP contribution >= 0.6 is 0 Å². The average molecular weight is 277 g/mol. The molecule has 0 unspecified atom stereocenters. The van der Waals surface area contributed by atoms with Crippen LogP contribution in [-0.2, 0) is 0 Å². The van der Waals surface area contributed by atoms with Crippen molar-refractivity contribution in [2.45, 2.75) is 9.88 Å². The fraction of sp³-hybridized carbons (Fsp3) is 0.167. The molecule has 1 aromatic carbocycles. The van der Waals surface area contributed by atoms with Crippen molar-refractivity contribution < 1.29 is 0 Å². The van der Waals surface area contributed by atoms with Crippen LogP contribution in [0, 0.1) is 0 Å². The molecule has 0 nitrogen and oxygen atoms in total. The van der Waals surface area contributed by atoms with Gasteiger partial charge < -0.3 is 0 Å². The number of allylic oxidation sites excluding steroid dienone is 2. The van der Waals surface area contributed by atoms with Crippen molar-refractivity contribution >= 4 is 28.0 Å². The van der Waals surface area contributed by atoms with Crippen LogP contribution in [0.15, 0.2) is 40.5 Å². The van der Waals surface area contributed by atoms with Gasteiger partial charge >= 0.3 is 84.0 Å². The van der Waals surface area contributed by atoms with Gasteiger partial charge in [-0.2, -0.15) is 0 Å². The summed E-state index contributed by atoms with van der Waals surface area (Å²) in [5, 5.41) is 0. The SMILES string of the molecule is [CH3][Sn]1([CH3])[CH]=CC=Cc2cccc[c]21. The number of fused-ring (bicyclic) bond motifs is 1. The van der Waals surface area contributed by atoms with E-state index >= 15 is 0 Å². The van der Waals surface area contributed by atoms with Crippen molar-refractivity contribution in [1.82, 2.24) is 0 Å². The first-order chi connectivity index (χ1) is 6.20. The fourth-order valence-corrected chi connectivity index (χ4v) is 8.08. The van der Waals surface area contributed by atoms with E-state index in [0.29, 0.717) is 0 Å². The molecule has 0 radical (unpaired) electrons. The van der Waals surface area contributed by atoms with Gasteiger partial charge in [0.25, 0.3) is 0 Å². The van der Waals surface area contributed by atoms with Gasteiger partial charge in [-0.1, -0.05) is 0 Å². The summed E-state index contributed by atoms with van der Waals surface area (Å²) in [6.45, 7) is 0. The Labute approximate surface area is 83.9 Å². The molecule has 0 aliphatic carbocycles. The Morgan fingerprint density at radius 2 is 1.77 bits per heavy atom. The summed E-state index contributed by atoms with van der Waals surface area (Å²) in [5.74, 6) is 0. The van der Waals surface area contributed by atoms with Crippen LogP contribution in [0.2, 0.25) is 9.88 Å². The summed E-state index contributed by atoms with van der Waals surface area (Å²) in [5.41, 5.74) is 1.42. The van der Waals surface area contributed by atoms with Crippen molar-refractivity contribution in [2.24, 2.45) is 0 Å². The van der Waals surface area contributed by atoms with Gasteiger partial charge in [-0.25, -0.2) is 0 Å². The minimum atomic E-state index is -2.05. The van der Waals surface area contributed by atoms with Gasteiger partial charge in [0.2, 0.25) is 0 Å². The van der Waals surface area contributed by atoms with Crippen LogP contribution in [0.25, 0.3) is 6.08 Å². The quantitative estimate of drug-likeness (QED) is 0.640. The molecule has 2 rings (SSSR count). The first kappa shape index (κ1) is 9.07. The summed E-state index contributed by atoms with van der Waals surface area (Å²) in [4.78, 5) is 4.91. The zero-order chi connectivity index (χ0) is 9.31. The van der Waals surface area contributed by atoms with Gasteiger partial charge in [0.15, 0.2) is 0 Å². The van der Waals surface area contributed by atoms with Gasteiger partial charge in [0.1, 0.15) is 0 Å². The topological polar surface area (TPSA) is 0 Å². The van der Waals surface area contributed by atoms with Crippen LogP contribution < -0.4 is 3.58 Å². The van der Waals surface area contributed by atoms with E-state index in [-0.39, 0.29) is 0 Å². The number of rotatable bonds is 0. The van der Waals surface area contributed by atoms with Gasteiger partial charge in [0.05, 0.1) is 0 Å². The van der Waals surface area contributed by atoms with E-state index in [4.69, 9.17) is 0 Å². The predicted octanol–water partition coefficient (Wildman–Crippen LogP) is 2.72. The third kappa shape index (κ3) is 1.73. The van der Waals surface area contributed by atoms with Crippen LogP contribution in [0.3, 0.4) is 0 Å². The molecule has 0 aromatic heterocycles. The molecule has 0 spiro atoms. The molecule has 0 saturated carbocycles. The zero-order valence-corrected chi connectivity index (χ0v) is 11.0. The monoisotopic (exact) mass is 278 g/mol. The second kappa shape index (κ2) is 3.33. The standard InChI is InChI=1S/C10H8.2CH3.Sn/c1-2-3-7-10-8-5-4-6-9-10;;;/h1-8H;2*1H3;. The van der Waals surface area contributed by atoms with E-state index in [0.717, 1.165) is 0 Å². The normalized spacial score (nSPS) is 18.0. The third-order valence-corrected chi connectivity index (χ3v) is 10.7. The van der Waals surface area contributed by atoms with Crippen molar-refractivity contribution in [1.29, 1.82) is 0 Å². The molecule has 0 N–H and O–H groups in total. The summed E-state index contributed by atoms with van der Waals surface area (Å²) >= 11 is -2.05. The molecule has 1 aromatic rings. The first-order valence-electron chi connectivity index (χ1n) is 4.65. The summed E-state index contributed by atoms with van der Waals surface area (Å²) in [6.07, 6.45) is 6.60. The Bertz CT molecular complexity index is 372. The van der Waals surface area contributed by atoms with Gasteiger partial charge in [-0.05, 0) is 0 Å². The Balaban J connectivity index is 2.64. The summed E-state index contributed by atoms with van der Waals surface area (Å²) in [6, 6.07) is 8.80. The van der Waals surface area contributed by atoms with E-state index in [1.54, 1.807) is 3.58 Å². The maximum absolute atomic E-state index is 2.46. The molecule has 66 valence electrons. The molecular weight excluding hydrogens is 263 g/mol. The van der Waals surface area contributed by atoms with Gasteiger partial charge in [-0.3, -0.25) is 0 Å². The molecule has 13 heavy (non-hydrogen) atoms. The van der Waals surface area contributed by atoms with Crippen molar-refractivity contribution in [3.63, 3.8) is 0 Å². The predicted molar refractivity (Wildman–Crippen MR) is 61.7 cm³/mol. The number of hydrogen-bond donors (Lipinski definition) is 0. The fourth-order valence-electron chi connectivity index (χ4n) is 1.77. The van der Waals surface area contributed by atoms with Crippen LogP contribution in [-0.4, -0.2) is 18.4 Å². The maximum atomic E-state index is 2.46. The third-order valence-electron chi connectivity index (χ3n) is 2.55. The molecular formula is C12H14Sn. The van der Waals surface area contributed by atoms with Crippen LogP contribution in [0.1, 0.15) is 5.56 Å². The Hall–Kier alpha value is -0.501. The summed E-state index contributed by atoms with van der Waals surface area (Å²) in [7, 11) is 0. The summed E-state index contributed by atoms with van der Waals surface area (Å²) < 4.78 is 4.07. The number of benzene rings is 1. The van der Waals surface area contributed by atoms with Crippen molar-refractivity contribution in [2.75, 3.05) is 0 Å². The van der Waals surface area contributed by atoms with Gasteiger partial charge in [-0.15, -0.1) is 0 Å². The molecule has 0 bridgehead atoms. The minimum absolute atomic E-state index is 1.42. The van der Waals surface area contributed by atoms with E-state index in [1.807, 2.05) is 0 Å². The van der Waals surface area contributed by atoms with Crippen LogP contribution in [0.5, 0.6) is 0 Å². The van der Waals surface area contributed by atoms with Gasteiger partial charge in [0, 0.05) is 0 Å². The molecule has 0 amide bonds. The second-order valence-electron chi connectivity index (χ2n) is 4.03. The molecule has 1 aliphatic heterocycles. The molecule has 0 saturated heterocycles. The first-order valence-corrected chi connectivity index (χ1v) is 13.4. The molecule has 0 fully saturated rings. The zero-order valence-electron chi connectivity index (χ0n) is 8.12. The molecule has 1 aliphatic rings.